The van der Waals surface area contributed by atoms with E-state index in [9.17, 15) is 9.59 Å². The summed E-state index contributed by atoms with van der Waals surface area (Å²) in [5.41, 5.74) is 2.29. The highest BCUT2D eigenvalue weighted by atomic mass is 32.1. The van der Waals surface area contributed by atoms with E-state index in [1.165, 1.54) is 32.7 Å². The lowest BCUT2D eigenvalue weighted by molar-refractivity contribution is -0.117. The van der Waals surface area contributed by atoms with Gasteiger partial charge >= 0.3 is 0 Å². The van der Waals surface area contributed by atoms with E-state index in [0.717, 1.165) is 11.3 Å². The summed E-state index contributed by atoms with van der Waals surface area (Å²) in [5.74, 6) is 0.729. The minimum atomic E-state index is -0.388. The molecule has 4 rings (SSSR count). The molecule has 1 saturated heterocycles. The number of benzene rings is 2. The first-order valence-corrected chi connectivity index (χ1v) is 11.1. The molecule has 0 saturated carbocycles. The van der Waals surface area contributed by atoms with Crippen LogP contribution in [0.25, 0.3) is 0 Å². The minimum Gasteiger partial charge on any atom is -0.493 e. The first kappa shape index (κ1) is 22.5. The molecule has 1 aliphatic heterocycles. The van der Waals surface area contributed by atoms with E-state index in [2.05, 4.69) is 15.5 Å². The molecule has 1 fully saturated rings. The van der Waals surface area contributed by atoms with Crippen molar-refractivity contribution in [2.24, 2.45) is 0 Å². The Hall–Kier alpha value is -3.66. The van der Waals surface area contributed by atoms with Crippen LogP contribution in [0, 0.1) is 6.92 Å². The van der Waals surface area contributed by atoms with Crippen LogP contribution in [0.4, 0.5) is 10.8 Å². The summed E-state index contributed by atoms with van der Waals surface area (Å²) in [5, 5.41) is 12.1. The van der Waals surface area contributed by atoms with E-state index in [-0.39, 0.29) is 17.7 Å². The number of ether oxygens (including phenoxy) is 3. The van der Waals surface area contributed by atoms with Crippen LogP contribution < -0.4 is 24.4 Å². The fourth-order valence-corrected chi connectivity index (χ4v) is 4.58. The molecule has 9 nitrogen and oxygen atoms in total. The van der Waals surface area contributed by atoms with Crippen LogP contribution in [0.3, 0.4) is 0 Å². The van der Waals surface area contributed by atoms with Crippen LogP contribution >= 0.6 is 11.3 Å². The molecule has 0 aliphatic carbocycles. The maximum atomic E-state index is 12.8. The molecule has 2 heterocycles. The van der Waals surface area contributed by atoms with Crippen molar-refractivity contribution < 1.29 is 23.8 Å². The smallest absolute Gasteiger partial charge is 0.257 e. The van der Waals surface area contributed by atoms with E-state index in [0.29, 0.717) is 45.9 Å². The van der Waals surface area contributed by atoms with Gasteiger partial charge in [0.25, 0.3) is 5.91 Å². The quantitative estimate of drug-likeness (QED) is 0.565. The molecule has 0 radical (unpaired) electrons. The van der Waals surface area contributed by atoms with Gasteiger partial charge < -0.3 is 19.1 Å². The molecule has 1 aromatic heterocycles. The third-order valence-corrected chi connectivity index (χ3v) is 6.38. The van der Waals surface area contributed by atoms with Crippen molar-refractivity contribution in [3.05, 3.63) is 52.5 Å². The molecule has 1 unspecified atom stereocenters. The van der Waals surface area contributed by atoms with E-state index >= 15 is 0 Å². The van der Waals surface area contributed by atoms with Gasteiger partial charge in [-0.2, -0.15) is 0 Å². The number of hydrogen-bond donors (Lipinski definition) is 1. The van der Waals surface area contributed by atoms with Crippen LogP contribution in [-0.2, 0) is 4.79 Å². The second-order valence-corrected chi connectivity index (χ2v) is 8.57. The molecule has 10 heteroatoms. The Morgan fingerprint density at radius 1 is 1.09 bits per heavy atom. The highest BCUT2D eigenvalue weighted by Gasteiger charge is 2.34. The van der Waals surface area contributed by atoms with E-state index in [1.807, 2.05) is 31.2 Å². The average molecular weight is 469 g/mol. The number of nitrogens with one attached hydrogen (secondary N) is 1. The first-order valence-electron chi connectivity index (χ1n) is 10.2. The molecular formula is C23H24N4O5S. The Balaban J connectivity index is 1.48. The molecule has 1 aliphatic rings. The summed E-state index contributed by atoms with van der Waals surface area (Å²) in [7, 11) is 4.47. The molecule has 33 heavy (non-hydrogen) atoms. The zero-order valence-corrected chi connectivity index (χ0v) is 19.6. The lowest BCUT2D eigenvalue weighted by Gasteiger charge is -2.16. The number of hydrogen-bond acceptors (Lipinski definition) is 8. The molecule has 2 amide bonds. The van der Waals surface area contributed by atoms with Crippen LogP contribution in [0.5, 0.6) is 17.2 Å². The summed E-state index contributed by atoms with van der Waals surface area (Å²) in [6.07, 6.45) is 0.351. The number of nitrogens with zero attached hydrogens (tertiary/aromatic N) is 3. The normalized spacial score (nSPS) is 15.5. The Labute approximate surface area is 195 Å². The van der Waals surface area contributed by atoms with E-state index in [4.69, 9.17) is 14.2 Å². The van der Waals surface area contributed by atoms with Gasteiger partial charge in [0.05, 0.1) is 21.3 Å². The molecule has 1 atom stereocenters. The predicted octanol–water partition coefficient (Wildman–Crippen LogP) is 3.65. The van der Waals surface area contributed by atoms with Gasteiger partial charge in [-0.05, 0) is 36.8 Å². The van der Waals surface area contributed by atoms with E-state index < -0.39 is 0 Å². The summed E-state index contributed by atoms with van der Waals surface area (Å²) in [4.78, 5) is 27.2. The number of aryl methyl sites for hydroxylation is 1. The van der Waals surface area contributed by atoms with Gasteiger partial charge in [0.1, 0.15) is 5.01 Å². The van der Waals surface area contributed by atoms with Crippen LogP contribution in [0.2, 0.25) is 0 Å². The highest BCUT2D eigenvalue weighted by molar-refractivity contribution is 7.15. The third-order valence-electron chi connectivity index (χ3n) is 5.38. The number of aromatic nitrogens is 2. The summed E-state index contributed by atoms with van der Waals surface area (Å²) < 4.78 is 15.9. The Morgan fingerprint density at radius 2 is 1.82 bits per heavy atom. The maximum Gasteiger partial charge on any atom is 0.257 e. The second-order valence-electron chi connectivity index (χ2n) is 7.56. The zero-order valence-electron chi connectivity index (χ0n) is 18.7. The van der Waals surface area contributed by atoms with Gasteiger partial charge in [-0.25, -0.2) is 0 Å². The monoisotopic (exact) mass is 468 g/mol. The molecule has 3 aromatic rings. The fourth-order valence-electron chi connectivity index (χ4n) is 3.75. The van der Waals surface area contributed by atoms with Crippen molar-refractivity contribution in [2.75, 3.05) is 38.1 Å². The first-order chi connectivity index (χ1) is 15.9. The summed E-state index contributed by atoms with van der Waals surface area (Å²) in [6.45, 7) is 2.52. The highest BCUT2D eigenvalue weighted by Crippen LogP contribution is 2.39. The standard InChI is InChI=1S/C23H24N4O5S/c1-13-6-5-7-16(8-13)27-12-15(11-19(27)28)22-25-26-23(33-22)24-21(29)14-9-17(30-2)20(32-4)18(10-14)31-3/h5-10,15H,11-12H2,1-4H3,(H,24,26,29). The number of carbonyl (C=O) groups excluding carboxylic acids is 2. The number of methoxy groups -OCH3 is 3. The van der Waals surface area contributed by atoms with Crippen LogP contribution in [0.1, 0.15) is 33.3 Å². The lowest BCUT2D eigenvalue weighted by atomic mass is 10.1. The van der Waals surface area contributed by atoms with Crippen molar-refractivity contribution in [3.63, 3.8) is 0 Å². The molecule has 0 spiro atoms. The van der Waals surface area contributed by atoms with Gasteiger partial charge in [0.2, 0.25) is 16.8 Å². The van der Waals surface area contributed by atoms with Crippen molar-refractivity contribution in [1.29, 1.82) is 0 Å². The number of amides is 2. The lowest BCUT2D eigenvalue weighted by Crippen LogP contribution is -2.24. The van der Waals surface area contributed by atoms with Gasteiger partial charge in [-0.1, -0.05) is 23.5 Å². The number of rotatable bonds is 7. The van der Waals surface area contributed by atoms with Crippen molar-refractivity contribution in [1.82, 2.24) is 10.2 Å². The Kier molecular flexibility index (Phi) is 6.45. The van der Waals surface area contributed by atoms with Gasteiger partial charge in [0, 0.05) is 30.1 Å². The fraction of sp³-hybridized carbons (Fsp3) is 0.304. The van der Waals surface area contributed by atoms with Crippen LogP contribution in [-0.4, -0.2) is 49.9 Å². The summed E-state index contributed by atoms with van der Waals surface area (Å²) >= 11 is 1.26. The molecule has 1 N–H and O–H groups in total. The Bertz CT molecular complexity index is 1170. The summed E-state index contributed by atoms with van der Waals surface area (Å²) in [6, 6.07) is 11.0. The number of carbonyl (C=O) groups is 2. The molecule has 2 aromatic carbocycles. The van der Waals surface area contributed by atoms with Gasteiger partial charge in [-0.3, -0.25) is 14.9 Å². The third kappa shape index (κ3) is 4.61. The topological polar surface area (TPSA) is 103 Å². The van der Waals surface area contributed by atoms with Gasteiger partial charge in [-0.15, -0.1) is 10.2 Å². The zero-order chi connectivity index (χ0) is 23.5. The Morgan fingerprint density at radius 3 is 2.45 bits per heavy atom. The largest absolute Gasteiger partial charge is 0.493 e. The van der Waals surface area contributed by atoms with Crippen LogP contribution in [0.15, 0.2) is 36.4 Å². The average Bonchev–Trinajstić information content (AvgIpc) is 3.44. The SMILES string of the molecule is COc1cc(C(=O)Nc2nnc(C3CC(=O)N(c4cccc(C)c4)C3)s2)cc(OC)c1OC. The molecule has 0 bridgehead atoms. The molecular weight excluding hydrogens is 444 g/mol. The van der Waals surface area contributed by atoms with Crippen molar-refractivity contribution >= 4 is 34.0 Å². The maximum absolute atomic E-state index is 12.8. The van der Waals surface area contributed by atoms with Gasteiger partial charge in [0.15, 0.2) is 11.5 Å². The predicted molar refractivity (Wildman–Crippen MR) is 125 cm³/mol. The second kappa shape index (κ2) is 9.45. The molecule has 172 valence electrons. The minimum absolute atomic E-state index is 0.0452. The number of anilines is 2. The van der Waals surface area contributed by atoms with Crippen molar-refractivity contribution in [3.8, 4) is 17.2 Å². The van der Waals surface area contributed by atoms with Crippen molar-refractivity contribution in [2.45, 2.75) is 19.3 Å². The van der Waals surface area contributed by atoms with E-state index in [1.54, 1.807) is 17.0 Å².